The predicted octanol–water partition coefficient (Wildman–Crippen LogP) is 1.12. The van der Waals surface area contributed by atoms with E-state index in [1.807, 2.05) is 6.92 Å². The smallest absolute Gasteiger partial charge is 0.189 e. The molecular weight excluding hydrogens is 168 g/mol. The van der Waals surface area contributed by atoms with Gasteiger partial charge in [0.25, 0.3) is 0 Å². The molecule has 2 N–H and O–H groups in total. The summed E-state index contributed by atoms with van der Waals surface area (Å²) < 4.78 is 0. The van der Waals surface area contributed by atoms with Crippen molar-refractivity contribution >= 4 is 5.78 Å². The normalized spacial score (nSPS) is 15.8. The fourth-order valence-electron chi connectivity index (χ4n) is 1.07. The van der Waals surface area contributed by atoms with Gasteiger partial charge in [-0.3, -0.25) is 4.79 Å². The minimum atomic E-state index is -1.02. The van der Waals surface area contributed by atoms with E-state index in [0.717, 1.165) is 12.8 Å². The molecular formula is C10H20O3. The van der Waals surface area contributed by atoms with Gasteiger partial charge < -0.3 is 10.2 Å². The average Bonchev–Trinajstić information content (AvgIpc) is 2.11. The highest BCUT2D eigenvalue weighted by Gasteiger charge is 2.25. The topological polar surface area (TPSA) is 57.5 Å². The molecule has 0 aromatic heterocycles. The molecule has 0 saturated carbocycles. The monoisotopic (exact) mass is 188 g/mol. The number of hydrogen-bond donors (Lipinski definition) is 2. The summed E-state index contributed by atoms with van der Waals surface area (Å²) in [6.45, 7) is 5.51. The molecule has 0 rings (SSSR count). The maximum Gasteiger partial charge on any atom is 0.189 e. The van der Waals surface area contributed by atoms with Gasteiger partial charge in [-0.25, -0.2) is 0 Å². The van der Waals surface area contributed by atoms with Crippen molar-refractivity contribution in [1.29, 1.82) is 0 Å². The predicted molar refractivity (Wildman–Crippen MR) is 51.4 cm³/mol. The van der Waals surface area contributed by atoms with Gasteiger partial charge in [-0.15, -0.1) is 0 Å². The molecule has 0 aliphatic rings. The molecule has 0 saturated heterocycles. The summed E-state index contributed by atoms with van der Waals surface area (Å²) in [5, 5.41) is 18.7. The van der Waals surface area contributed by atoms with Gasteiger partial charge in [0.15, 0.2) is 5.78 Å². The molecule has 0 amide bonds. The largest absolute Gasteiger partial charge is 0.385 e. The standard InChI is InChI=1S/C10H20O3/c1-4-5-6-8(11)10(13)9(12)7(2)3/h7-9,11-12H,4-6H2,1-3H3/t8-,9-/m1/s1. The summed E-state index contributed by atoms with van der Waals surface area (Å²) in [6.07, 6.45) is 0.211. The van der Waals surface area contributed by atoms with E-state index in [1.165, 1.54) is 0 Å². The summed E-state index contributed by atoms with van der Waals surface area (Å²) in [5.74, 6) is -0.563. The van der Waals surface area contributed by atoms with E-state index in [1.54, 1.807) is 13.8 Å². The van der Waals surface area contributed by atoms with Gasteiger partial charge in [-0.2, -0.15) is 0 Å². The molecule has 0 heterocycles. The van der Waals surface area contributed by atoms with Crippen molar-refractivity contribution in [3.63, 3.8) is 0 Å². The molecule has 0 bridgehead atoms. The van der Waals surface area contributed by atoms with Gasteiger partial charge >= 0.3 is 0 Å². The second kappa shape index (κ2) is 6.11. The number of Topliss-reactive ketones (excluding diaryl/α,β-unsaturated/α-hetero) is 1. The van der Waals surface area contributed by atoms with Crippen LogP contribution in [0, 0.1) is 5.92 Å². The maximum absolute atomic E-state index is 11.3. The molecule has 2 atom stereocenters. The second-order valence-corrected chi connectivity index (χ2v) is 3.75. The highest BCUT2D eigenvalue weighted by molar-refractivity contribution is 5.87. The third-order valence-corrected chi connectivity index (χ3v) is 2.08. The highest BCUT2D eigenvalue weighted by Crippen LogP contribution is 2.09. The fourth-order valence-corrected chi connectivity index (χ4v) is 1.07. The Hall–Kier alpha value is -0.410. The molecule has 3 nitrogen and oxygen atoms in total. The highest BCUT2D eigenvalue weighted by atomic mass is 16.3. The van der Waals surface area contributed by atoms with Crippen molar-refractivity contribution < 1.29 is 15.0 Å². The number of carbonyl (C=O) groups excluding carboxylic acids is 1. The fraction of sp³-hybridized carbons (Fsp3) is 0.900. The molecule has 13 heavy (non-hydrogen) atoms. The van der Waals surface area contributed by atoms with Crippen LogP contribution in [0.15, 0.2) is 0 Å². The Morgan fingerprint density at radius 3 is 2.23 bits per heavy atom. The van der Waals surface area contributed by atoms with E-state index < -0.39 is 18.0 Å². The van der Waals surface area contributed by atoms with Crippen LogP contribution in [-0.4, -0.2) is 28.2 Å². The summed E-state index contributed by atoms with van der Waals surface area (Å²) in [4.78, 5) is 11.3. The number of aliphatic hydroxyl groups is 2. The number of ketones is 1. The lowest BCUT2D eigenvalue weighted by atomic mass is 9.97. The van der Waals surface area contributed by atoms with Crippen molar-refractivity contribution in [2.45, 2.75) is 52.2 Å². The lowest BCUT2D eigenvalue weighted by molar-refractivity contribution is -0.138. The number of hydrogen-bond acceptors (Lipinski definition) is 3. The minimum absolute atomic E-state index is 0.122. The zero-order chi connectivity index (χ0) is 10.4. The van der Waals surface area contributed by atoms with Crippen LogP contribution >= 0.6 is 0 Å². The zero-order valence-corrected chi connectivity index (χ0v) is 8.66. The number of aliphatic hydroxyl groups excluding tert-OH is 2. The van der Waals surface area contributed by atoms with Gasteiger partial charge in [-0.05, 0) is 12.3 Å². The Balaban J connectivity index is 3.94. The summed E-state index contributed by atoms with van der Waals surface area (Å²) in [5.41, 5.74) is 0. The molecule has 78 valence electrons. The Bertz CT molecular complexity index is 154. The SMILES string of the molecule is CCCC[C@@H](O)C(=O)[C@H](O)C(C)C. The van der Waals surface area contributed by atoms with Crippen molar-refractivity contribution in [3.8, 4) is 0 Å². The quantitative estimate of drug-likeness (QED) is 0.656. The van der Waals surface area contributed by atoms with Gasteiger partial charge in [-0.1, -0.05) is 33.6 Å². The van der Waals surface area contributed by atoms with Crippen LogP contribution in [0.25, 0.3) is 0 Å². The number of carbonyl (C=O) groups is 1. The van der Waals surface area contributed by atoms with E-state index in [2.05, 4.69) is 0 Å². The Morgan fingerprint density at radius 1 is 1.31 bits per heavy atom. The summed E-state index contributed by atoms with van der Waals surface area (Å²) in [7, 11) is 0. The molecule has 3 heteroatoms. The second-order valence-electron chi connectivity index (χ2n) is 3.75. The Kier molecular flexibility index (Phi) is 5.91. The van der Waals surface area contributed by atoms with Crippen LogP contribution in [-0.2, 0) is 4.79 Å². The summed E-state index contributed by atoms with van der Waals surface area (Å²) in [6, 6.07) is 0. The lowest BCUT2D eigenvalue weighted by Gasteiger charge is -2.16. The van der Waals surface area contributed by atoms with Crippen molar-refractivity contribution in [2.24, 2.45) is 5.92 Å². The lowest BCUT2D eigenvalue weighted by Crippen LogP contribution is -2.35. The molecule has 0 aliphatic carbocycles. The van der Waals surface area contributed by atoms with Gasteiger partial charge in [0.05, 0.1) is 0 Å². The Labute approximate surface area is 79.8 Å². The van der Waals surface area contributed by atoms with Crippen molar-refractivity contribution in [2.75, 3.05) is 0 Å². The van der Waals surface area contributed by atoms with E-state index in [-0.39, 0.29) is 5.92 Å². The van der Waals surface area contributed by atoms with Crippen LogP contribution in [0.5, 0.6) is 0 Å². The van der Waals surface area contributed by atoms with Gasteiger partial charge in [0.2, 0.25) is 0 Å². The number of unbranched alkanes of at least 4 members (excludes halogenated alkanes) is 1. The molecule has 0 aliphatic heterocycles. The van der Waals surface area contributed by atoms with E-state index in [0.29, 0.717) is 6.42 Å². The average molecular weight is 188 g/mol. The molecule has 0 radical (unpaired) electrons. The van der Waals surface area contributed by atoms with Gasteiger partial charge in [0, 0.05) is 0 Å². The van der Waals surface area contributed by atoms with Crippen LogP contribution in [0.2, 0.25) is 0 Å². The first-order chi connectivity index (χ1) is 6.00. The van der Waals surface area contributed by atoms with E-state index in [9.17, 15) is 15.0 Å². The van der Waals surface area contributed by atoms with E-state index in [4.69, 9.17) is 0 Å². The first-order valence-electron chi connectivity index (χ1n) is 4.90. The van der Waals surface area contributed by atoms with Crippen LogP contribution in [0.1, 0.15) is 40.0 Å². The third kappa shape index (κ3) is 4.39. The first-order valence-corrected chi connectivity index (χ1v) is 4.90. The molecule has 0 aromatic rings. The van der Waals surface area contributed by atoms with Crippen LogP contribution < -0.4 is 0 Å². The zero-order valence-electron chi connectivity index (χ0n) is 8.66. The molecule has 0 aromatic carbocycles. The van der Waals surface area contributed by atoms with Crippen LogP contribution in [0.4, 0.5) is 0 Å². The summed E-state index contributed by atoms with van der Waals surface area (Å²) >= 11 is 0. The number of rotatable bonds is 6. The Morgan fingerprint density at radius 2 is 1.85 bits per heavy atom. The first kappa shape index (κ1) is 12.6. The van der Waals surface area contributed by atoms with Crippen molar-refractivity contribution in [3.05, 3.63) is 0 Å². The minimum Gasteiger partial charge on any atom is -0.385 e. The van der Waals surface area contributed by atoms with Gasteiger partial charge in [0.1, 0.15) is 12.2 Å². The third-order valence-electron chi connectivity index (χ3n) is 2.08. The van der Waals surface area contributed by atoms with E-state index >= 15 is 0 Å². The molecule has 0 spiro atoms. The van der Waals surface area contributed by atoms with Crippen LogP contribution in [0.3, 0.4) is 0 Å². The maximum atomic E-state index is 11.3. The molecule has 0 unspecified atom stereocenters. The van der Waals surface area contributed by atoms with Crippen molar-refractivity contribution in [1.82, 2.24) is 0 Å². The molecule has 0 fully saturated rings.